The van der Waals surface area contributed by atoms with Crippen molar-refractivity contribution in [3.05, 3.63) is 23.5 Å². The van der Waals surface area contributed by atoms with E-state index in [1.165, 1.54) is 0 Å². The van der Waals surface area contributed by atoms with E-state index in [9.17, 15) is 0 Å². The summed E-state index contributed by atoms with van der Waals surface area (Å²) >= 11 is 0. The van der Waals surface area contributed by atoms with E-state index in [0.29, 0.717) is 36.8 Å². The Morgan fingerprint density at radius 3 is 1.64 bits per heavy atom. The van der Waals surface area contributed by atoms with Crippen LogP contribution >= 0.6 is 0 Å². The molecule has 0 saturated carbocycles. The van der Waals surface area contributed by atoms with Crippen LogP contribution in [0, 0.1) is 11.8 Å². The van der Waals surface area contributed by atoms with Crippen LogP contribution in [-0.4, -0.2) is 56.2 Å². The molecule has 0 bridgehead atoms. The van der Waals surface area contributed by atoms with Crippen molar-refractivity contribution in [3.63, 3.8) is 0 Å². The molecule has 25 heavy (non-hydrogen) atoms. The lowest BCUT2D eigenvalue weighted by molar-refractivity contribution is 0.290. The third-order valence-electron chi connectivity index (χ3n) is 4.65. The van der Waals surface area contributed by atoms with Gasteiger partial charge in [0.25, 0.3) is 0 Å². The van der Waals surface area contributed by atoms with Crippen molar-refractivity contribution in [2.75, 3.05) is 32.2 Å². The van der Waals surface area contributed by atoms with Crippen molar-refractivity contribution in [1.29, 1.82) is 0 Å². The monoisotopic (exact) mass is 344 g/mol. The second-order valence-corrected chi connectivity index (χ2v) is 7.60. The van der Waals surface area contributed by atoms with Crippen LogP contribution in [0.5, 0.6) is 0 Å². The van der Waals surface area contributed by atoms with Crippen LogP contribution in [-0.2, 0) is 9.47 Å². The zero-order valence-electron chi connectivity index (χ0n) is 16.0. The maximum atomic E-state index is 5.81. The van der Waals surface area contributed by atoms with Gasteiger partial charge in [-0.05, 0) is 24.0 Å². The molecule has 0 N–H and O–H groups in total. The number of pyridine rings is 1. The van der Waals surface area contributed by atoms with Crippen molar-refractivity contribution in [3.8, 4) is 0 Å². The van der Waals surface area contributed by atoms with Gasteiger partial charge in [0.2, 0.25) is 11.8 Å². The number of ether oxygens (including phenoxy) is 2. The molecule has 1 aromatic heterocycles. The highest BCUT2D eigenvalue weighted by molar-refractivity contribution is 5.98. The number of nitrogens with zero attached hydrogens (tertiary/aromatic N) is 4. The van der Waals surface area contributed by atoms with E-state index in [0.717, 1.165) is 17.1 Å². The quantitative estimate of drug-likeness (QED) is 0.824. The van der Waals surface area contributed by atoms with Gasteiger partial charge in [0.1, 0.15) is 24.6 Å². The van der Waals surface area contributed by atoms with E-state index >= 15 is 0 Å². The largest absolute Gasteiger partial charge is 0.474 e. The average molecular weight is 344 g/mol. The highest BCUT2D eigenvalue weighted by atomic mass is 16.5. The third kappa shape index (κ3) is 3.78. The first-order valence-corrected chi connectivity index (χ1v) is 8.96. The molecule has 0 radical (unpaired) electrons. The molecule has 1 aromatic rings. The Morgan fingerprint density at radius 2 is 1.32 bits per heavy atom. The zero-order valence-corrected chi connectivity index (χ0v) is 16.0. The number of hydrogen-bond acceptors (Lipinski definition) is 6. The number of aromatic nitrogens is 1. The highest BCUT2D eigenvalue weighted by Crippen LogP contribution is 2.23. The molecule has 0 aliphatic carbocycles. The van der Waals surface area contributed by atoms with Gasteiger partial charge in [-0.2, -0.15) is 0 Å². The van der Waals surface area contributed by atoms with Gasteiger partial charge in [-0.15, -0.1) is 0 Å². The standard InChI is InChI=1S/C19H28N4O2/c1-11(2)16-9-24-18(21-16)14-7-13(23(5)6)8-15(20-14)19-22-17(10-25-19)12(3)4/h7-8,11-12,16-17H,9-10H2,1-6H3/t16-,17-/m1/s1. The molecule has 2 aliphatic heterocycles. The fourth-order valence-electron chi connectivity index (χ4n) is 2.74. The van der Waals surface area contributed by atoms with Gasteiger partial charge in [0.05, 0.1) is 12.1 Å². The van der Waals surface area contributed by atoms with Crippen LogP contribution in [0.2, 0.25) is 0 Å². The first-order chi connectivity index (χ1) is 11.8. The van der Waals surface area contributed by atoms with Gasteiger partial charge in [-0.1, -0.05) is 27.7 Å². The molecule has 6 nitrogen and oxygen atoms in total. The summed E-state index contributed by atoms with van der Waals surface area (Å²) in [5.74, 6) is 2.12. The van der Waals surface area contributed by atoms with Gasteiger partial charge in [0, 0.05) is 19.8 Å². The number of aliphatic imine (C=N–C) groups is 2. The molecule has 0 amide bonds. The van der Waals surface area contributed by atoms with E-state index in [4.69, 9.17) is 24.4 Å². The summed E-state index contributed by atoms with van der Waals surface area (Å²) in [5, 5.41) is 0. The first kappa shape index (κ1) is 17.7. The molecule has 3 rings (SSSR count). The van der Waals surface area contributed by atoms with Gasteiger partial charge >= 0.3 is 0 Å². The first-order valence-electron chi connectivity index (χ1n) is 8.96. The second-order valence-electron chi connectivity index (χ2n) is 7.60. The van der Waals surface area contributed by atoms with Crippen LogP contribution in [0.3, 0.4) is 0 Å². The summed E-state index contributed by atoms with van der Waals surface area (Å²) in [7, 11) is 4.01. The highest BCUT2D eigenvalue weighted by Gasteiger charge is 2.27. The van der Waals surface area contributed by atoms with Crippen LogP contribution in [0.1, 0.15) is 39.1 Å². The van der Waals surface area contributed by atoms with Crippen LogP contribution in [0.4, 0.5) is 5.69 Å². The van der Waals surface area contributed by atoms with Crippen molar-refractivity contribution in [2.45, 2.75) is 39.8 Å². The van der Waals surface area contributed by atoms with E-state index in [-0.39, 0.29) is 12.1 Å². The van der Waals surface area contributed by atoms with Crippen molar-refractivity contribution in [2.24, 2.45) is 21.8 Å². The van der Waals surface area contributed by atoms with Crippen molar-refractivity contribution < 1.29 is 9.47 Å². The smallest absolute Gasteiger partial charge is 0.235 e. The molecular formula is C19H28N4O2. The lowest BCUT2D eigenvalue weighted by Crippen LogP contribution is -2.15. The molecule has 0 unspecified atom stereocenters. The van der Waals surface area contributed by atoms with Crippen LogP contribution in [0.15, 0.2) is 22.1 Å². The number of anilines is 1. The van der Waals surface area contributed by atoms with Crippen LogP contribution < -0.4 is 4.90 Å². The predicted molar refractivity (Wildman–Crippen MR) is 101 cm³/mol. The number of rotatable bonds is 5. The van der Waals surface area contributed by atoms with Crippen molar-refractivity contribution >= 4 is 17.5 Å². The summed E-state index contributed by atoms with van der Waals surface area (Å²) < 4.78 is 11.6. The summed E-state index contributed by atoms with van der Waals surface area (Å²) in [6, 6.07) is 4.38. The molecule has 6 heteroatoms. The Morgan fingerprint density at radius 1 is 0.880 bits per heavy atom. The summed E-state index contributed by atoms with van der Waals surface area (Å²) in [4.78, 5) is 16.2. The van der Waals surface area contributed by atoms with E-state index in [2.05, 4.69) is 27.7 Å². The molecule has 136 valence electrons. The van der Waals surface area contributed by atoms with E-state index in [1.54, 1.807) is 0 Å². The SMILES string of the molecule is CC(C)[C@H]1COC(c2cc(N(C)C)cc(C3=N[C@@H](C(C)C)CO3)n2)=N1. The van der Waals surface area contributed by atoms with Crippen LogP contribution in [0.25, 0.3) is 0 Å². The van der Waals surface area contributed by atoms with Gasteiger partial charge in [-0.3, -0.25) is 0 Å². The molecule has 0 spiro atoms. The summed E-state index contributed by atoms with van der Waals surface area (Å²) in [5.41, 5.74) is 2.51. The normalized spacial score (nSPS) is 22.7. The maximum Gasteiger partial charge on any atom is 0.235 e. The fourth-order valence-corrected chi connectivity index (χ4v) is 2.74. The Labute approximate surface area is 150 Å². The third-order valence-corrected chi connectivity index (χ3v) is 4.65. The van der Waals surface area contributed by atoms with Gasteiger partial charge in [-0.25, -0.2) is 15.0 Å². The Balaban J connectivity index is 1.97. The molecule has 2 atom stereocenters. The number of hydrogen-bond donors (Lipinski definition) is 0. The van der Waals surface area contributed by atoms with Crippen molar-refractivity contribution in [1.82, 2.24) is 4.98 Å². The van der Waals surface area contributed by atoms with E-state index < -0.39 is 0 Å². The maximum absolute atomic E-state index is 5.81. The Kier molecular flexibility index (Phi) is 4.97. The minimum atomic E-state index is 0.189. The topological polar surface area (TPSA) is 59.3 Å². The predicted octanol–water partition coefficient (Wildman–Crippen LogP) is 2.75. The average Bonchev–Trinajstić information content (AvgIpc) is 3.24. The molecular weight excluding hydrogens is 316 g/mol. The molecule has 0 fully saturated rings. The minimum Gasteiger partial charge on any atom is -0.474 e. The Bertz CT molecular complexity index is 642. The summed E-state index contributed by atoms with van der Waals surface area (Å²) in [6.45, 7) is 9.85. The second kappa shape index (κ2) is 7.02. The minimum absolute atomic E-state index is 0.189. The summed E-state index contributed by atoms with van der Waals surface area (Å²) in [6.07, 6.45) is 0. The molecule has 3 heterocycles. The van der Waals surface area contributed by atoms with Gasteiger partial charge < -0.3 is 14.4 Å². The fraction of sp³-hybridized carbons (Fsp3) is 0.632. The molecule has 0 saturated heterocycles. The van der Waals surface area contributed by atoms with E-state index in [1.807, 2.05) is 31.1 Å². The molecule has 0 aromatic carbocycles. The zero-order chi connectivity index (χ0) is 18.1. The lowest BCUT2D eigenvalue weighted by atomic mass is 10.1. The molecule has 2 aliphatic rings. The Hall–Kier alpha value is -2.11. The van der Waals surface area contributed by atoms with Gasteiger partial charge in [0.15, 0.2) is 0 Å². The lowest BCUT2D eigenvalue weighted by Gasteiger charge is -2.15.